The summed E-state index contributed by atoms with van der Waals surface area (Å²) in [6.07, 6.45) is -7.12. The van der Waals surface area contributed by atoms with Gasteiger partial charge in [-0.1, -0.05) is 48.5 Å². The van der Waals surface area contributed by atoms with Crippen molar-refractivity contribution in [3.05, 3.63) is 138 Å². The summed E-state index contributed by atoms with van der Waals surface area (Å²) >= 11 is 0. The Hall–Kier alpha value is -4.64. The van der Waals surface area contributed by atoms with Crippen molar-refractivity contribution in [1.82, 2.24) is 10.6 Å². The van der Waals surface area contributed by atoms with Crippen LogP contribution < -0.4 is 10.6 Å². The monoisotopic (exact) mass is 702 g/mol. The molecule has 49 heavy (non-hydrogen) atoms. The summed E-state index contributed by atoms with van der Waals surface area (Å²) < 4.78 is 120. The number of halogens is 8. The maximum atomic E-state index is 16.4. The lowest BCUT2D eigenvalue weighted by Gasteiger charge is -2.37. The number of nitrogens with zero attached hydrogens (tertiary/aromatic N) is 2. The van der Waals surface area contributed by atoms with Gasteiger partial charge >= 0.3 is 12.4 Å². The predicted molar refractivity (Wildman–Crippen MR) is 160 cm³/mol. The van der Waals surface area contributed by atoms with Gasteiger partial charge < -0.3 is 4.74 Å². The lowest BCUT2D eigenvalue weighted by Crippen LogP contribution is -2.59. The van der Waals surface area contributed by atoms with Crippen LogP contribution in [0.25, 0.3) is 0 Å². The molecule has 6 atom stereocenters. The van der Waals surface area contributed by atoms with Crippen LogP contribution in [-0.2, 0) is 15.8 Å². The van der Waals surface area contributed by atoms with Gasteiger partial charge in [-0.25, -0.2) is 8.78 Å². The Labute approximate surface area is 274 Å². The molecule has 0 bridgehead atoms. The highest BCUT2D eigenvalue weighted by atomic mass is 19.4. The molecular weight excluding hydrogens is 672 g/mol. The summed E-state index contributed by atoms with van der Waals surface area (Å²) in [5, 5.41) is 29.1. The van der Waals surface area contributed by atoms with Gasteiger partial charge in [0.2, 0.25) is 0 Å². The first-order valence-corrected chi connectivity index (χ1v) is 14.6. The molecule has 2 N–H and O–H groups in total. The van der Waals surface area contributed by atoms with Gasteiger partial charge in [0.25, 0.3) is 11.1 Å². The van der Waals surface area contributed by atoms with Gasteiger partial charge in [-0.05, 0) is 51.0 Å². The molecule has 2 aromatic carbocycles. The summed E-state index contributed by atoms with van der Waals surface area (Å²) in [6, 6.07) is 1.16. The highest BCUT2D eigenvalue weighted by Gasteiger charge is 2.59. The normalized spacial score (nSPS) is 25.7. The highest BCUT2D eigenvalue weighted by Crippen LogP contribution is 2.45. The van der Waals surface area contributed by atoms with E-state index in [-0.39, 0.29) is 22.3 Å². The van der Waals surface area contributed by atoms with Crippen LogP contribution in [0.15, 0.2) is 96.0 Å². The van der Waals surface area contributed by atoms with Gasteiger partial charge in [-0.3, -0.25) is 30.9 Å². The fourth-order valence-electron chi connectivity index (χ4n) is 5.87. The molecule has 0 amide bonds. The summed E-state index contributed by atoms with van der Waals surface area (Å²) in [4.78, 5) is 23.3. The zero-order chi connectivity index (χ0) is 36.7. The first-order chi connectivity index (χ1) is 22.7. The second kappa shape index (κ2) is 13.3. The molecule has 0 saturated carbocycles. The molecule has 0 spiro atoms. The molecule has 0 saturated heterocycles. The third-order valence-corrected chi connectivity index (χ3v) is 8.63. The van der Waals surface area contributed by atoms with E-state index in [2.05, 4.69) is 0 Å². The number of nitro groups is 2. The third-order valence-electron chi connectivity index (χ3n) is 8.63. The summed E-state index contributed by atoms with van der Waals surface area (Å²) in [5.74, 6) is -5.41. The smallest absolute Gasteiger partial charge is 0.403 e. The molecule has 0 fully saturated rings. The molecule has 4 rings (SSSR count). The second-order valence-electron chi connectivity index (χ2n) is 11.7. The Morgan fingerprint density at radius 1 is 0.694 bits per heavy atom. The molecule has 2 aromatic rings. The average Bonchev–Trinajstić information content (AvgIpc) is 3.00. The molecule has 17 heteroatoms. The van der Waals surface area contributed by atoms with E-state index < -0.39 is 80.6 Å². The number of allylic oxidation sites excluding steroid dienone is 2. The number of aryl methyl sites for hydroxylation is 2. The maximum Gasteiger partial charge on any atom is 0.403 e. The topological polar surface area (TPSA) is 120 Å². The Morgan fingerprint density at radius 2 is 1.02 bits per heavy atom. The molecule has 2 aliphatic carbocycles. The molecule has 9 nitrogen and oxygen atoms in total. The minimum absolute atomic E-state index is 0.181. The van der Waals surface area contributed by atoms with Gasteiger partial charge in [0.15, 0.2) is 23.2 Å². The van der Waals surface area contributed by atoms with Crippen LogP contribution >= 0.6 is 0 Å². The Kier molecular flexibility index (Phi) is 10.1. The SMILES string of the molecule is Cc1ccccc1C1([N+](=O)[O-])C=CC(OC2=C(F)C(NC(C)C(F)(F)F)C(c3ccccc3C)([N+](=O)[O-])C=C2)=C(F)C1NC(C)C(F)(F)F. The number of benzene rings is 2. The molecule has 0 aromatic heterocycles. The lowest BCUT2D eigenvalue weighted by atomic mass is 9.76. The van der Waals surface area contributed by atoms with Gasteiger partial charge in [-0.2, -0.15) is 26.3 Å². The molecule has 6 unspecified atom stereocenters. The highest BCUT2D eigenvalue weighted by molar-refractivity contribution is 5.47. The standard InChI is InChI=1S/C32H30F8N4O5/c1-17-9-5-7-11-21(17)29(43(45)46)15-13-23(25(33)27(29)41-19(3)31(35,36)37)49-24-14-16-30(44(47)48,22-12-8-6-10-18(22)2)28(26(24)34)42-20(4)32(38,39)40/h5-16,19-20,27-28,41-42H,1-4H3. The van der Waals surface area contributed by atoms with E-state index in [0.29, 0.717) is 26.0 Å². The molecule has 0 heterocycles. The van der Waals surface area contributed by atoms with E-state index in [1.807, 2.05) is 10.6 Å². The van der Waals surface area contributed by atoms with Crippen molar-refractivity contribution in [2.24, 2.45) is 0 Å². The average molecular weight is 703 g/mol. The van der Waals surface area contributed by atoms with Gasteiger partial charge in [0, 0.05) is 33.1 Å². The van der Waals surface area contributed by atoms with Crippen LogP contribution in [-0.4, -0.2) is 46.4 Å². The number of hydrogen-bond acceptors (Lipinski definition) is 7. The lowest BCUT2D eigenvalue weighted by molar-refractivity contribution is -0.568. The first kappa shape index (κ1) is 37.2. The maximum absolute atomic E-state index is 16.4. The van der Waals surface area contributed by atoms with E-state index in [0.717, 1.165) is 12.2 Å². The van der Waals surface area contributed by atoms with Crippen molar-refractivity contribution in [3.8, 4) is 0 Å². The third kappa shape index (κ3) is 6.68. The van der Waals surface area contributed by atoms with Crippen molar-refractivity contribution >= 4 is 0 Å². The van der Waals surface area contributed by atoms with Gasteiger partial charge in [0.1, 0.15) is 24.2 Å². The van der Waals surface area contributed by atoms with E-state index in [4.69, 9.17) is 4.74 Å². The van der Waals surface area contributed by atoms with E-state index in [1.165, 1.54) is 62.4 Å². The van der Waals surface area contributed by atoms with E-state index in [1.54, 1.807) is 0 Å². The zero-order valence-corrected chi connectivity index (χ0v) is 26.2. The van der Waals surface area contributed by atoms with Crippen LogP contribution in [0, 0.1) is 34.1 Å². The van der Waals surface area contributed by atoms with Crippen LogP contribution in [0.4, 0.5) is 35.1 Å². The van der Waals surface area contributed by atoms with Crippen molar-refractivity contribution in [2.45, 2.75) is 75.3 Å². The minimum Gasteiger partial charge on any atom is -0.452 e. The minimum atomic E-state index is -5.01. The Bertz CT molecular complexity index is 1630. The molecule has 0 radical (unpaired) electrons. The number of hydrogen-bond donors (Lipinski definition) is 2. The molecular formula is C32H30F8N4O5. The van der Waals surface area contributed by atoms with E-state index >= 15 is 8.78 Å². The fraction of sp³-hybridized carbons (Fsp3) is 0.375. The number of nitrogens with one attached hydrogen (secondary N) is 2. The van der Waals surface area contributed by atoms with Gasteiger partial charge in [-0.15, -0.1) is 0 Å². The van der Waals surface area contributed by atoms with Crippen LogP contribution in [0.3, 0.4) is 0 Å². The van der Waals surface area contributed by atoms with E-state index in [9.17, 15) is 46.6 Å². The fourth-order valence-corrected chi connectivity index (χ4v) is 5.87. The van der Waals surface area contributed by atoms with Crippen molar-refractivity contribution in [2.75, 3.05) is 0 Å². The quantitative estimate of drug-likeness (QED) is 0.152. The predicted octanol–water partition coefficient (Wildman–Crippen LogP) is 7.28. The van der Waals surface area contributed by atoms with Gasteiger partial charge in [0.05, 0.1) is 0 Å². The number of ether oxygens (including phenoxy) is 1. The summed E-state index contributed by atoms with van der Waals surface area (Å²) in [7, 11) is 0. The zero-order valence-electron chi connectivity index (χ0n) is 26.2. The van der Waals surface area contributed by atoms with Crippen molar-refractivity contribution < 1.29 is 49.7 Å². The van der Waals surface area contributed by atoms with Crippen LogP contribution in [0.2, 0.25) is 0 Å². The second-order valence-corrected chi connectivity index (χ2v) is 11.7. The molecule has 0 aliphatic heterocycles. The first-order valence-electron chi connectivity index (χ1n) is 14.6. The van der Waals surface area contributed by atoms with Crippen molar-refractivity contribution in [3.63, 3.8) is 0 Å². The number of alkyl halides is 6. The molecule has 2 aliphatic rings. The largest absolute Gasteiger partial charge is 0.452 e. The Balaban J connectivity index is 1.90. The Morgan fingerprint density at radius 3 is 1.31 bits per heavy atom. The summed E-state index contributed by atoms with van der Waals surface area (Å²) in [5.41, 5.74) is -5.29. The molecule has 264 valence electrons. The number of rotatable bonds is 10. The van der Waals surface area contributed by atoms with Crippen LogP contribution in [0.1, 0.15) is 36.1 Å². The summed E-state index contributed by atoms with van der Waals surface area (Å²) in [6.45, 7) is 4.04. The van der Waals surface area contributed by atoms with Crippen molar-refractivity contribution in [1.29, 1.82) is 0 Å². The van der Waals surface area contributed by atoms with Crippen LogP contribution in [0.5, 0.6) is 0 Å².